The van der Waals surface area contributed by atoms with E-state index in [0.29, 0.717) is 0 Å². The van der Waals surface area contributed by atoms with E-state index in [1.165, 1.54) is 0 Å². The van der Waals surface area contributed by atoms with E-state index in [0.717, 1.165) is 12.8 Å². The Morgan fingerprint density at radius 3 is 1.50 bits per heavy atom. The highest BCUT2D eigenvalue weighted by Gasteiger charge is 2.35. The molecule has 5 nitrogen and oxygen atoms in total. The molecule has 0 fully saturated rings. The Morgan fingerprint density at radius 1 is 0.875 bits per heavy atom. The van der Waals surface area contributed by atoms with Crippen LogP contribution in [0.3, 0.4) is 0 Å². The standard InChI is InChI=1S/C18H22O.H3O4P/c1-3-11-17(13-7-5-8-14-17)19-18(12-4-2)15-9-6-10-16-18;1-5(2,3)4/h3-13,15H,14,16H2,1-2H3;(H3,1,2,3,4). The lowest BCUT2D eigenvalue weighted by atomic mass is 9.89. The minimum atomic E-state index is -4.64. The van der Waals surface area contributed by atoms with E-state index in [-0.39, 0.29) is 11.2 Å². The van der Waals surface area contributed by atoms with Gasteiger partial charge in [0.1, 0.15) is 11.2 Å². The molecule has 2 aliphatic carbocycles. The minimum absolute atomic E-state index is 0.335. The molecule has 0 bridgehead atoms. The highest BCUT2D eigenvalue weighted by Crippen LogP contribution is 2.35. The van der Waals surface area contributed by atoms with Crippen molar-refractivity contribution < 1.29 is 24.0 Å². The Hall–Kier alpha value is -1.49. The van der Waals surface area contributed by atoms with Crippen LogP contribution in [0.25, 0.3) is 0 Å². The van der Waals surface area contributed by atoms with Crippen molar-refractivity contribution in [1.29, 1.82) is 0 Å². The number of hydrogen-bond donors (Lipinski definition) is 3. The van der Waals surface area contributed by atoms with Gasteiger partial charge in [-0.1, -0.05) is 60.8 Å². The smallest absolute Gasteiger partial charge is 0.351 e. The number of allylic oxidation sites excluding steroid dienone is 6. The predicted octanol–water partition coefficient (Wildman–Crippen LogP) is 3.74. The summed E-state index contributed by atoms with van der Waals surface area (Å²) in [6.45, 7) is 4.08. The van der Waals surface area contributed by atoms with Crippen LogP contribution in [0, 0.1) is 0 Å². The number of ether oxygens (including phenoxy) is 1. The SMILES string of the molecule is CC=CC1(OC2(C=CC)C=CC=CC2)C=CC=CC1.O=P(O)(O)O. The van der Waals surface area contributed by atoms with Gasteiger partial charge in [-0.05, 0) is 26.0 Å². The largest absolute Gasteiger partial charge is 0.466 e. The molecular formula is C18H25O5P. The summed E-state index contributed by atoms with van der Waals surface area (Å²) < 4.78 is 15.4. The molecule has 0 aliphatic heterocycles. The molecule has 0 aromatic rings. The van der Waals surface area contributed by atoms with Gasteiger partial charge in [0, 0.05) is 12.8 Å². The normalized spacial score (nSPS) is 29.2. The molecule has 0 aromatic carbocycles. The van der Waals surface area contributed by atoms with Crippen molar-refractivity contribution in [2.45, 2.75) is 37.9 Å². The molecular weight excluding hydrogens is 327 g/mol. The Labute approximate surface area is 143 Å². The van der Waals surface area contributed by atoms with E-state index in [9.17, 15) is 0 Å². The second kappa shape index (κ2) is 9.11. The first-order chi connectivity index (χ1) is 11.2. The van der Waals surface area contributed by atoms with Gasteiger partial charge < -0.3 is 19.4 Å². The first-order valence-corrected chi connectivity index (χ1v) is 9.26. The van der Waals surface area contributed by atoms with Gasteiger partial charge in [-0.2, -0.15) is 0 Å². The topological polar surface area (TPSA) is 87.0 Å². The summed E-state index contributed by atoms with van der Waals surface area (Å²) >= 11 is 0. The molecule has 2 unspecified atom stereocenters. The molecule has 2 atom stereocenters. The fourth-order valence-electron chi connectivity index (χ4n) is 2.62. The van der Waals surface area contributed by atoms with Gasteiger partial charge >= 0.3 is 7.82 Å². The lowest BCUT2D eigenvalue weighted by molar-refractivity contribution is -0.0534. The third-order valence-corrected chi connectivity index (χ3v) is 3.40. The lowest BCUT2D eigenvalue weighted by Crippen LogP contribution is -2.40. The summed E-state index contributed by atoms with van der Waals surface area (Å²) in [5, 5.41) is 0. The van der Waals surface area contributed by atoms with Crippen LogP contribution in [0.15, 0.2) is 72.9 Å². The van der Waals surface area contributed by atoms with Crippen molar-refractivity contribution in [1.82, 2.24) is 0 Å². The molecule has 0 saturated heterocycles. The molecule has 3 N–H and O–H groups in total. The van der Waals surface area contributed by atoms with Crippen LogP contribution >= 0.6 is 7.82 Å². The summed E-state index contributed by atoms with van der Waals surface area (Å²) in [6.07, 6.45) is 27.1. The number of phosphoric acid groups is 1. The molecule has 0 radical (unpaired) electrons. The average molecular weight is 352 g/mol. The first kappa shape index (κ1) is 20.6. The third-order valence-electron chi connectivity index (χ3n) is 3.40. The van der Waals surface area contributed by atoms with Crippen LogP contribution in [0.5, 0.6) is 0 Å². The number of hydrogen-bond acceptors (Lipinski definition) is 2. The summed E-state index contributed by atoms with van der Waals surface area (Å²) in [5.41, 5.74) is -0.670. The Balaban J connectivity index is 0.000000505. The Morgan fingerprint density at radius 2 is 1.25 bits per heavy atom. The minimum Gasteiger partial charge on any atom is -0.351 e. The fraction of sp³-hybridized carbons (Fsp3) is 0.333. The van der Waals surface area contributed by atoms with Gasteiger partial charge in [-0.3, -0.25) is 0 Å². The summed E-state index contributed by atoms with van der Waals surface area (Å²) in [4.78, 5) is 21.6. The molecule has 0 saturated carbocycles. The van der Waals surface area contributed by atoms with Gasteiger partial charge in [-0.25, -0.2) is 4.57 Å². The molecule has 0 amide bonds. The van der Waals surface area contributed by atoms with Gasteiger partial charge in [-0.15, -0.1) is 0 Å². The molecule has 24 heavy (non-hydrogen) atoms. The van der Waals surface area contributed by atoms with E-state index in [4.69, 9.17) is 24.0 Å². The average Bonchev–Trinajstić information content (AvgIpc) is 2.47. The van der Waals surface area contributed by atoms with Crippen molar-refractivity contribution in [3.05, 3.63) is 72.9 Å². The van der Waals surface area contributed by atoms with Gasteiger partial charge in [0.2, 0.25) is 0 Å². The van der Waals surface area contributed by atoms with Crippen LogP contribution in [-0.4, -0.2) is 25.9 Å². The van der Waals surface area contributed by atoms with Crippen LogP contribution in [0.2, 0.25) is 0 Å². The summed E-state index contributed by atoms with van der Waals surface area (Å²) in [7, 11) is -4.64. The Bertz CT molecular complexity index is 571. The summed E-state index contributed by atoms with van der Waals surface area (Å²) in [6, 6.07) is 0. The maximum atomic E-state index is 8.88. The zero-order valence-electron chi connectivity index (χ0n) is 13.9. The number of rotatable bonds is 4. The van der Waals surface area contributed by atoms with Crippen molar-refractivity contribution >= 4 is 7.82 Å². The van der Waals surface area contributed by atoms with Gasteiger partial charge in [0.15, 0.2) is 0 Å². The van der Waals surface area contributed by atoms with E-state index >= 15 is 0 Å². The van der Waals surface area contributed by atoms with Crippen molar-refractivity contribution in [2.24, 2.45) is 0 Å². The summed E-state index contributed by atoms with van der Waals surface area (Å²) in [5.74, 6) is 0. The van der Waals surface area contributed by atoms with Gasteiger partial charge in [0.25, 0.3) is 0 Å². The third kappa shape index (κ3) is 7.39. The second-order valence-electron chi connectivity index (χ2n) is 5.51. The predicted molar refractivity (Wildman–Crippen MR) is 96.2 cm³/mol. The molecule has 2 aliphatic rings. The molecule has 6 heteroatoms. The van der Waals surface area contributed by atoms with E-state index in [1.54, 1.807) is 0 Å². The zero-order valence-corrected chi connectivity index (χ0v) is 14.8. The maximum Gasteiger partial charge on any atom is 0.466 e. The monoisotopic (exact) mass is 352 g/mol. The molecule has 2 rings (SSSR count). The highest BCUT2D eigenvalue weighted by atomic mass is 31.2. The van der Waals surface area contributed by atoms with Crippen molar-refractivity contribution in [3.63, 3.8) is 0 Å². The van der Waals surface area contributed by atoms with Gasteiger partial charge in [0.05, 0.1) is 0 Å². The van der Waals surface area contributed by atoms with Crippen LogP contribution in [0.1, 0.15) is 26.7 Å². The van der Waals surface area contributed by atoms with Crippen molar-refractivity contribution in [2.75, 3.05) is 0 Å². The lowest BCUT2D eigenvalue weighted by Gasteiger charge is -2.39. The van der Waals surface area contributed by atoms with Crippen molar-refractivity contribution in [3.8, 4) is 0 Å². The maximum absolute atomic E-state index is 8.88. The van der Waals surface area contributed by atoms with Crippen LogP contribution < -0.4 is 0 Å². The van der Waals surface area contributed by atoms with E-state index in [1.807, 2.05) is 13.8 Å². The van der Waals surface area contributed by atoms with E-state index < -0.39 is 7.82 Å². The molecule has 0 heterocycles. The molecule has 0 spiro atoms. The molecule has 132 valence electrons. The fourth-order valence-corrected chi connectivity index (χ4v) is 2.62. The zero-order chi connectivity index (χ0) is 18.1. The van der Waals surface area contributed by atoms with Crippen LogP contribution in [0.4, 0.5) is 0 Å². The quantitative estimate of drug-likeness (QED) is 0.530. The Kier molecular flexibility index (Phi) is 7.80. The van der Waals surface area contributed by atoms with Crippen LogP contribution in [-0.2, 0) is 9.30 Å². The second-order valence-corrected chi connectivity index (χ2v) is 6.53. The van der Waals surface area contributed by atoms with E-state index in [2.05, 4.69) is 72.9 Å². The highest BCUT2D eigenvalue weighted by molar-refractivity contribution is 7.45. The molecule has 0 aromatic heterocycles. The first-order valence-electron chi connectivity index (χ1n) is 7.69.